The molecule has 0 spiro atoms. The van der Waals surface area contributed by atoms with E-state index >= 15 is 4.79 Å². The summed E-state index contributed by atoms with van der Waals surface area (Å²) < 4.78 is 34.7. The molecule has 0 amide bonds. The molecule has 3 saturated heterocycles. The number of hydrogen-bond acceptors (Lipinski definition) is 19. The van der Waals surface area contributed by atoms with Crippen LogP contribution < -0.4 is 0 Å². The third-order valence-corrected chi connectivity index (χ3v) is 19.7. The van der Waals surface area contributed by atoms with E-state index < -0.39 is 134 Å². The molecule has 0 aromatic heterocycles. The van der Waals surface area contributed by atoms with Gasteiger partial charge in [-0.1, -0.05) is 53.2 Å². The third-order valence-electron chi connectivity index (χ3n) is 19.7. The van der Waals surface area contributed by atoms with E-state index in [2.05, 4.69) is 40.7 Å². The van der Waals surface area contributed by atoms with Crippen LogP contribution in [0.4, 0.5) is 0 Å². The average molecular weight is 959 g/mol. The van der Waals surface area contributed by atoms with Gasteiger partial charge in [0, 0.05) is 5.41 Å². The number of esters is 1. The van der Waals surface area contributed by atoms with E-state index in [-0.39, 0.29) is 52.4 Å². The minimum absolute atomic E-state index is 0.0112. The molecule has 3 heterocycles. The van der Waals surface area contributed by atoms with Gasteiger partial charge >= 0.3 is 5.97 Å². The molecule has 5 aliphatic carbocycles. The first-order valence-corrected chi connectivity index (χ1v) is 24.5. The van der Waals surface area contributed by atoms with E-state index in [1.165, 1.54) is 12.5 Å². The Kier molecular flexibility index (Phi) is 14.4. The van der Waals surface area contributed by atoms with Gasteiger partial charge in [-0.2, -0.15) is 0 Å². The van der Waals surface area contributed by atoms with Crippen LogP contribution in [0.5, 0.6) is 0 Å². The van der Waals surface area contributed by atoms with E-state index in [0.717, 1.165) is 19.3 Å². The highest BCUT2D eigenvalue weighted by Crippen LogP contribution is 2.76. The van der Waals surface area contributed by atoms with Gasteiger partial charge in [0.25, 0.3) is 0 Å². The fourth-order valence-corrected chi connectivity index (χ4v) is 15.2. The molecule has 19 nitrogen and oxygen atoms in total. The molecule has 8 rings (SSSR count). The van der Waals surface area contributed by atoms with Crippen LogP contribution in [0.1, 0.15) is 99.8 Å². The van der Waals surface area contributed by atoms with Crippen molar-refractivity contribution in [3.63, 3.8) is 0 Å². The molecule has 0 aromatic carbocycles. The van der Waals surface area contributed by atoms with Crippen LogP contribution in [0, 0.1) is 56.7 Å². The predicted octanol–water partition coefficient (Wildman–Crippen LogP) is -1.03. The molecule has 0 aromatic rings. The molecule has 4 saturated carbocycles. The molecule has 0 unspecified atom stereocenters. The normalized spacial score (nSPS) is 56.7. The summed E-state index contributed by atoms with van der Waals surface area (Å²) in [7, 11) is 0. The molecular weight excluding hydrogens is 881 g/mol. The molecule has 384 valence electrons. The van der Waals surface area contributed by atoms with Crippen molar-refractivity contribution in [2.75, 3.05) is 19.8 Å². The highest BCUT2D eigenvalue weighted by molar-refractivity contribution is 5.79. The Hall–Kier alpha value is -1.47. The lowest BCUT2D eigenvalue weighted by atomic mass is 9.33. The van der Waals surface area contributed by atoms with Crippen LogP contribution in [0.15, 0.2) is 11.6 Å². The number of aliphatic hydroxyl groups is 12. The number of ether oxygens (including phenoxy) is 6. The first-order chi connectivity index (χ1) is 31.4. The number of rotatable bonds is 9. The highest BCUT2D eigenvalue weighted by atomic mass is 16.8. The molecule has 27 atom stereocenters. The Morgan fingerprint density at radius 2 is 1.34 bits per heavy atom. The van der Waals surface area contributed by atoms with E-state index in [4.69, 9.17) is 28.4 Å². The maximum atomic E-state index is 15.0. The largest absolute Gasteiger partial charge is 0.432 e. The highest BCUT2D eigenvalue weighted by Gasteiger charge is 2.71. The Balaban J connectivity index is 0.985. The summed E-state index contributed by atoms with van der Waals surface area (Å²) in [5, 5.41) is 130. The summed E-state index contributed by atoms with van der Waals surface area (Å²) in [6, 6.07) is 0. The average Bonchev–Trinajstić information content (AvgIpc) is 3.29. The minimum atomic E-state index is -1.86. The van der Waals surface area contributed by atoms with Crippen LogP contribution >= 0.6 is 0 Å². The SMILES string of the molecule is C[C@@H]1[C@H](C)CC[C@@]2(C(=O)O[C@H]3O[C@@H](CO[C@@H]4O[C@H](CO)[C@@H](O[C@@H]5O[C@H](C)[C@@H](O)[C@H](O)[C@@H]5O)[C@H](O)[C@@H]4O)[C@H](O)[C@@H](O)[C@@H]3O)CC[C@@]3(C)C(=CC[C@@H]4[C@]5(C)C[C@H](O)[C@H](O)[C@@](C)(CO)[C@@H]5CC[C@@]43C)[C@H]12. The Morgan fingerprint density at radius 3 is 2.01 bits per heavy atom. The number of hydrogen-bond donors (Lipinski definition) is 12. The van der Waals surface area contributed by atoms with Gasteiger partial charge in [-0.15, -0.1) is 0 Å². The molecule has 3 aliphatic heterocycles. The number of allylic oxidation sites excluding steroid dienone is 2. The lowest BCUT2D eigenvalue weighted by Crippen LogP contribution is -2.68. The van der Waals surface area contributed by atoms with Gasteiger partial charge in [0.2, 0.25) is 6.29 Å². The van der Waals surface area contributed by atoms with Gasteiger partial charge < -0.3 is 89.7 Å². The molecule has 12 N–H and O–H groups in total. The van der Waals surface area contributed by atoms with Crippen molar-refractivity contribution in [3.05, 3.63) is 11.6 Å². The van der Waals surface area contributed by atoms with Crippen LogP contribution in [-0.4, -0.2) is 191 Å². The standard InChI is InChI=1S/C48H78O19/c1-20-10-13-48(15-14-46(6)23(29(48)21(20)2)8-9-28-44(4)16-24(51)39(60)45(5,19-50)27(44)11-12-47(28,46)7)43(61)67-42-36(58)33(55)31(53)26(65-42)18-62-40-37(59)34(56)38(25(17-49)64-40)66-41-35(57)32(54)30(52)22(3)63-41/h8,20-22,24-42,49-60H,9-19H2,1-7H3/t20-,21-,22-,24+,25-,26+,27-,28-,29+,30-,31+,32+,33-,34-,35+,36+,37+,38-,39+,40-,41+,42-,44-,45+,46+,47+,48-/m1/s1. The fraction of sp³-hybridized carbons (Fsp3) is 0.938. The summed E-state index contributed by atoms with van der Waals surface area (Å²) in [6.07, 6.45) is -18.9. The Labute approximate surface area is 392 Å². The third kappa shape index (κ3) is 7.92. The monoisotopic (exact) mass is 959 g/mol. The zero-order chi connectivity index (χ0) is 49.1. The molecule has 0 bridgehead atoms. The second-order valence-corrected chi connectivity index (χ2v) is 22.9. The van der Waals surface area contributed by atoms with Crippen LogP contribution in [-0.2, 0) is 33.2 Å². The van der Waals surface area contributed by atoms with Crippen LogP contribution in [0.3, 0.4) is 0 Å². The molecule has 7 fully saturated rings. The van der Waals surface area contributed by atoms with Crippen LogP contribution in [0.2, 0.25) is 0 Å². The number of carbonyl (C=O) groups excluding carboxylic acids is 1. The maximum absolute atomic E-state index is 15.0. The summed E-state index contributed by atoms with van der Waals surface area (Å²) in [4.78, 5) is 15.0. The van der Waals surface area contributed by atoms with Gasteiger partial charge in [-0.25, -0.2) is 0 Å². The second kappa shape index (κ2) is 18.5. The first-order valence-electron chi connectivity index (χ1n) is 24.5. The van der Waals surface area contributed by atoms with E-state index in [9.17, 15) is 61.3 Å². The zero-order valence-electron chi connectivity index (χ0n) is 39.8. The van der Waals surface area contributed by atoms with Crippen molar-refractivity contribution in [3.8, 4) is 0 Å². The van der Waals surface area contributed by atoms with Gasteiger partial charge in [-0.3, -0.25) is 4.79 Å². The topological polar surface area (TPSA) is 315 Å². The van der Waals surface area contributed by atoms with Crippen LogP contribution in [0.25, 0.3) is 0 Å². The van der Waals surface area contributed by atoms with E-state index in [0.29, 0.717) is 32.1 Å². The van der Waals surface area contributed by atoms with Crippen molar-refractivity contribution in [2.24, 2.45) is 56.7 Å². The lowest BCUT2D eigenvalue weighted by Gasteiger charge is -2.71. The number of carbonyl (C=O) groups is 1. The van der Waals surface area contributed by atoms with Gasteiger partial charge in [0.15, 0.2) is 12.6 Å². The van der Waals surface area contributed by atoms with Crippen molar-refractivity contribution < 1.29 is 94.5 Å². The maximum Gasteiger partial charge on any atom is 0.315 e. The van der Waals surface area contributed by atoms with Gasteiger partial charge in [-0.05, 0) is 104 Å². The minimum Gasteiger partial charge on any atom is -0.432 e. The molecule has 8 aliphatic rings. The summed E-state index contributed by atoms with van der Waals surface area (Å²) in [6.45, 7) is 13.0. The summed E-state index contributed by atoms with van der Waals surface area (Å²) in [5.41, 5.74) is -1.64. The quantitative estimate of drug-likeness (QED) is 0.0971. The number of aliphatic hydroxyl groups excluding tert-OH is 12. The van der Waals surface area contributed by atoms with Crippen molar-refractivity contribution in [1.29, 1.82) is 0 Å². The summed E-state index contributed by atoms with van der Waals surface area (Å²) >= 11 is 0. The molecule has 19 heteroatoms. The van der Waals surface area contributed by atoms with E-state index in [1.54, 1.807) is 0 Å². The summed E-state index contributed by atoms with van der Waals surface area (Å²) in [5.74, 6) is -0.386. The fourth-order valence-electron chi connectivity index (χ4n) is 15.2. The molecule has 67 heavy (non-hydrogen) atoms. The smallest absolute Gasteiger partial charge is 0.315 e. The first kappa shape index (κ1) is 51.9. The van der Waals surface area contributed by atoms with Crippen molar-refractivity contribution >= 4 is 5.97 Å². The van der Waals surface area contributed by atoms with Gasteiger partial charge in [0.05, 0.1) is 43.5 Å². The van der Waals surface area contributed by atoms with Crippen molar-refractivity contribution in [1.82, 2.24) is 0 Å². The lowest BCUT2D eigenvalue weighted by molar-refractivity contribution is -0.361. The number of fused-ring (bicyclic) bond motifs is 7. The van der Waals surface area contributed by atoms with E-state index in [1.807, 2.05) is 6.92 Å². The Morgan fingerprint density at radius 1 is 0.701 bits per heavy atom. The predicted molar refractivity (Wildman–Crippen MR) is 231 cm³/mol. The molecule has 0 radical (unpaired) electrons. The molecular formula is C48H78O19. The second-order valence-electron chi connectivity index (χ2n) is 22.9. The van der Waals surface area contributed by atoms with Gasteiger partial charge in [0.1, 0.15) is 67.1 Å². The Bertz CT molecular complexity index is 1820. The van der Waals surface area contributed by atoms with Crippen molar-refractivity contribution in [2.45, 2.75) is 204 Å². The zero-order valence-corrected chi connectivity index (χ0v) is 39.8.